The summed E-state index contributed by atoms with van der Waals surface area (Å²) in [7, 11) is -9.98. The molecule has 0 bridgehead atoms. The number of esters is 4. The van der Waals surface area contributed by atoms with E-state index in [0.29, 0.717) is 25.7 Å². The minimum Gasteiger partial charge on any atom is -0.462 e. The Morgan fingerprint density at radius 1 is 0.306 bits per heavy atom. The second-order valence-corrected chi connectivity index (χ2v) is 28.1. The Hall–Kier alpha value is -4.28. The van der Waals surface area contributed by atoms with Crippen LogP contribution in [0.5, 0.6) is 0 Å². The predicted molar refractivity (Wildman–Crippen MR) is 399 cm³/mol. The van der Waals surface area contributed by atoms with E-state index in [9.17, 15) is 43.2 Å². The molecule has 0 fully saturated rings. The van der Waals surface area contributed by atoms with Crippen LogP contribution in [-0.4, -0.2) is 96.7 Å². The molecule has 0 aromatic carbocycles. The van der Waals surface area contributed by atoms with Crippen LogP contribution in [-0.2, 0) is 65.4 Å². The highest BCUT2D eigenvalue weighted by molar-refractivity contribution is 7.47. The molecule has 0 aromatic heterocycles. The van der Waals surface area contributed by atoms with E-state index in [2.05, 4.69) is 113 Å². The first-order chi connectivity index (χ1) is 47.7. The molecule has 0 amide bonds. The zero-order valence-electron chi connectivity index (χ0n) is 61.4. The van der Waals surface area contributed by atoms with Crippen molar-refractivity contribution in [2.24, 2.45) is 0 Å². The van der Waals surface area contributed by atoms with Crippen LogP contribution in [0, 0.1) is 0 Å². The molecule has 17 nitrogen and oxygen atoms in total. The Kier molecular flexibility index (Phi) is 68.0. The molecule has 0 saturated carbocycles. The summed E-state index contributed by atoms with van der Waals surface area (Å²) in [5.74, 6) is -2.34. The highest BCUT2D eigenvalue weighted by Gasteiger charge is 2.30. The van der Waals surface area contributed by atoms with Crippen LogP contribution in [0.4, 0.5) is 0 Å². The molecule has 0 aliphatic heterocycles. The Bertz CT molecular complexity index is 2290. The minimum absolute atomic E-state index is 0.0832. The molecular weight excluding hydrogens is 1280 g/mol. The van der Waals surface area contributed by atoms with Crippen molar-refractivity contribution in [3.63, 3.8) is 0 Å². The van der Waals surface area contributed by atoms with E-state index < -0.39 is 97.5 Å². The van der Waals surface area contributed by atoms with E-state index >= 15 is 0 Å². The first kappa shape index (κ1) is 93.7. The number of ether oxygens (including phenoxy) is 4. The maximum absolute atomic E-state index is 13.1. The molecule has 0 aliphatic carbocycles. The van der Waals surface area contributed by atoms with Gasteiger partial charge < -0.3 is 33.8 Å². The fraction of sp³-hybridized carbons (Fsp3) is 0.722. The summed E-state index contributed by atoms with van der Waals surface area (Å²) in [5.41, 5.74) is 0. The summed E-state index contributed by atoms with van der Waals surface area (Å²) < 4.78 is 68.3. The average molecular weight is 1420 g/mol. The van der Waals surface area contributed by atoms with Gasteiger partial charge >= 0.3 is 39.5 Å². The van der Waals surface area contributed by atoms with Crippen LogP contribution in [0.25, 0.3) is 0 Å². The summed E-state index contributed by atoms with van der Waals surface area (Å²) in [6.45, 7) is 4.56. The molecule has 3 N–H and O–H groups in total. The number of allylic oxidation sites excluding steroid dienone is 17. The fourth-order valence-corrected chi connectivity index (χ4v) is 11.5. The van der Waals surface area contributed by atoms with Crippen LogP contribution in [0.3, 0.4) is 0 Å². The van der Waals surface area contributed by atoms with E-state index in [1.165, 1.54) is 89.9 Å². The summed E-state index contributed by atoms with van der Waals surface area (Å²) in [6.07, 6.45) is 75.5. The minimum atomic E-state index is -5.00. The molecule has 0 heterocycles. The molecule has 19 heteroatoms. The van der Waals surface area contributed by atoms with Crippen LogP contribution < -0.4 is 0 Å². The number of phosphoric ester groups is 2. The smallest absolute Gasteiger partial charge is 0.462 e. The monoisotopic (exact) mass is 1420 g/mol. The quantitative estimate of drug-likeness (QED) is 0.0169. The Labute approximate surface area is 594 Å². The normalized spacial score (nSPS) is 14.6. The Morgan fingerprint density at radius 3 is 0.969 bits per heavy atom. The molecule has 0 aromatic rings. The van der Waals surface area contributed by atoms with Crippen molar-refractivity contribution in [1.29, 1.82) is 0 Å². The summed E-state index contributed by atoms with van der Waals surface area (Å²) in [5, 5.41) is 10.6. The first-order valence-corrected chi connectivity index (χ1v) is 41.1. The number of aliphatic hydroxyl groups is 1. The fourth-order valence-electron chi connectivity index (χ4n) is 9.93. The van der Waals surface area contributed by atoms with Gasteiger partial charge in [-0.2, -0.15) is 0 Å². The number of carbonyl (C=O) groups is 4. The van der Waals surface area contributed by atoms with Gasteiger partial charge in [-0.1, -0.05) is 285 Å². The van der Waals surface area contributed by atoms with Gasteiger partial charge in [0.2, 0.25) is 0 Å². The molecule has 0 rings (SSSR count). The largest absolute Gasteiger partial charge is 0.472 e. The van der Waals surface area contributed by atoms with Gasteiger partial charge in [0.15, 0.2) is 12.2 Å². The zero-order valence-corrected chi connectivity index (χ0v) is 63.2. The van der Waals surface area contributed by atoms with Crippen molar-refractivity contribution in [1.82, 2.24) is 0 Å². The summed E-state index contributed by atoms with van der Waals surface area (Å²) >= 11 is 0. The van der Waals surface area contributed by atoms with Gasteiger partial charge in [0.05, 0.1) is 32.8 Å². The molecular formula is C79H136O17P2. The number of aliphatic hydroxyl groups excluding tert-OH is 1. The molecule has 0 saturated heterocycles. The van der Waals surface area contributed by atoms with Gasteiger partial charge in [0.1, 0.15) is 19.3 Å². The summed E-state index contributed by atoms with van der Waals surface area (Å²) in [4.78, 5) is 72.7. The highest BCUT2D eigenvalue weighted by Crippen LogP contribution is 2.45. The lowest BCUT2D eigenvalue weighted by Crippen LogP contribution is -2.30. The van der Waals surface area contributed by atoms with E-state index in [0.717, 1.165) is 141 Å². The lowest BCUT2D eigenvalue weighted by atomic mass is 10.0. The van der Waals surface area contributed by atoms with Crippen molar-refractivity contribution < 1.29 is 80.2 Å². The molecule has 0 aliphatic rings. The van der Waals surface area contributed by atoms with E-state index in [4.69, 9.17) is 37.0 Å². The molecule has 5 atom stereocenters. The highest BCUT2D eigenvalue weighted by atomic mass is 31.2. The Balaban J connectivity index is 5.39. The molecule has 5 unspecified atom stereocenters. The van der Waals surface area contributed by atoms with Crippen molar-refractivity contribution >= 4 is 39.5 Å². The second kappa shape index (κ2) is 71.1. The topological polar surface area (TPSA) is 237 Å². The zero-order chi connectivity index (χ0) is 71.8. The SMILES string of the molecule is CC/C=C\C/C=C\C/C=C\C/C=C\C/C=C\CC(=O)OC(COC(=O)CCCCCCCC/C=C\C/C=C\C/C=C\CCCCC)COP(=O)(O)OCC(O)COP(=O)(O)OCC(COC(=O)CCCCCCCCCCCCCCC)OC(=O)CCCCCCC/C=C\CCCC. The Morgan fingerprint density at radius 2 is 0.582 bits per heavy atom. The summed E-state index contributed by atoms with van der Waals surface area (Å²) in [6, 6.07) is 0. The van der Waals surface area contributed by atoms with Crippen LogP contribution in [0.15, 0.2) is 109 Å². The molecule has 0 radical (unpaired) electrons. The van der Waals surface area contributed by atoms with E-state index in [-0.39, 0.29) is 25.7 Å². The van der Waals surface area contributed by atoms with Gasteiger partial charge in [-0.3, -0.25) is 37.3 Å². The van der Waals surface area contributed by atoms with Crippen LogP contribution in [0.2, 0.25) is 0 Å². The van der Waals surface area contributed by atoms with Gasteiger partial charge in [0.25, 0.3) is 0 Å². The number of hydrogen-bond donors (Lipinski definition) is 3. The van der Waals surface area contributed by atoms with Gasteiger partial charge in [0, 0.05) is 19.3 Å². The lowest BCUT2D eigenvalue weighted by molar-refractivity contribution is -0.161. The lowest BCUT2D eigenvalue weighted by Gasteiger charge is -2.21. The maximum atomic E-state index is 13.1. The third-order valence-electron chi connectivity index (χ3n) is 15.8. The molecule has 564 valence electrons. The molecule has 98 heavy (non-hydrogen) atoms. The van der Waals surface area contributed by atoms with Gasteiger partial charge in [-0.25, -0.2) is 9.13 Å². The first-order valence-electron chi connectivity index (χ1n) is 38.1. The van der Waals surface area contributed by atoms with Crippen molar-refractivity contribution in [3.05, 3.63) is 109 Å². The number of rotatable bonds is 71. The van der Waals surface area contributed by atoms with E-state index in [1.807, 2.05) is 12.2 Å². The van der Waals surface area contributed by atoms with Gasteiger partial charge in [-0.15, -0.1) is 0 Å². The average Bonchev–Trinajstić information content (AvgIpc) is 1.06. The van der Waals surface area contributed by atoms with Crippen LogP contribution >= 0.6 is 15.6 Å². The maximum Gasteiger partial charge on any atom is 0.472 e. The second-order valence-electron chi connectivity index (χ2n) is 25.2. The number of carbonyl (C=O) groups excluding carboxylic acids is 4. The van der Waals surface area contributed by atoms with Crippen molar-refractivity contribution in [2.45, 2.75) is 329 Å². The van der Waals surface area contributed by atoms with E-state index in [1.54, 1.807) is 12.2 Å². The number of phosphoric acid groups is 2. The van der Waals surface area contributed by atoms with Crippen molar-refractivity contribution in [3.8, 4) is 0 Å². The number of unbranched alkanes of at least 4 members (excludes halogenated alkanes) is 28. The molecule has 0 spiro atoms. The van der Waals surface area contributed by atoms with Gasteiger partial charge in [-0.05, 0) is 109 Å². The third-order valence-corrected chi connectivity index (χ3v) is 17.7. The number of hydrogen-bond acceptors (Lipinski definition) is 15. The standard InChI is InChI=1S/C79H136O17P2/c1-5-9-13-17-21-25-29-32-34-35-36-37-39-41-45-48-52-56-60-64-77(82)90-70-75(96-79(84)66-62-58-54-50-46-42-38-33-30-26-22-18-14-10-6-2)72-94-98(87,88)92-68-73(80)67-91-97(85,86)93-71-74(95-78(83)65-61-57-53-49-43-28-24-20-16-12-8-4)69-89-76(81)63-59-55-51-47-44-40-31-27-23-19-15-11-7-3/h10,14,20-22,24-26,32-34,36-38,46,50,58,62,73-75,80H,5-9,11-13,15-19,23,27-31,35,39-45,47-49,51-57,59-61,63-72H2,1-4H3,(H,85,86)(H,87,88)/b14-10-,24-20-,25-21-,26-22-,34-32-,37-36-,38-33-,50-46-,62-58-. The predicted octanol–water partition coefficient (Wildman–Crippen LogP) is 21.8. The van der Waals surface area contributed by atoms with Crippen LogP contribution in [0.1, 0.15) is 310 Å². The van der Waals surface area contributed by atoms with Crippen molar-refractivity contribution in [2.75, 3.05) is 39.6 Å². The third kappa shape index (κ3) is 70.2.